The molecule has 1 aliphatic rings. The number of fused-ring (bicyclic) bond motifs is 1. The van der Waals surface area contributed by atoms with Crippen molar-refractivity contribution in [3.63, 3.8) is 0 Å². The number of hydrogen-bond acceptors (Lipinski definition) is 10. The molecule has 2 aromatic heterocycles. The summed E-state index contributed by atoms with van der Waals surface area (Å²) in [6.45, 7) is 7.59. The predicted octanol–water partition coefficient (Wildman–Crippen LogP) is 4.03. The Bertz CT molecular complexity index is 1430. The Kier molecular flexibility index (Phi) is 8.65. The van der Waals surface area contributed by atoms with Crippen molar-refractivity contribution in [3.05, 3.63) is 34.9 Å². The van der Waals surface area contributed by atoms with E-state index in [4.69, 9.17) is 35.9 Å². The number of amides is 1. The van der Waals surface area contributed by atoms with E-state index in [0.29, 0.717) is 64.6 Å². The summed E-state index contributed by atoms with van der Waals surface area (Å²) in [5, 5.41) is 8.83. The fourth-order valence-electron chi connectivity index (χ4n) is 4.17. The van der Waals surface area contributed by atoms with Gasteiger partial charge in [-0.15, -0.1) is 0 Å². The molecule has 4 rings (SSSR count). The van der Waals surface area contributed by atoms with E-state index >= 15 is 0 Å². The highest BCUT2D eigenvalue weighted by molar-refractivity contribution is 7.98. The summed E-state index contributed by atoms with van der Waals surface area (Å²) < 4.78 is 18.4. The Morgan fingerprint density at radius 1 is 1.10 bits per heavy atom. The fraction of sp³-hybridized carbons (Fsp3) is 0.462. The van der Waals surface area contributed by atoms with Crippen molar-refractivity contribution in [1.82, 2.24) is 24.6 Å². The van der Waals surface area contributed by atoms with Crippen molar-refractivity contribution in [2.24, 2.45) is 5.10 Å². The molecular weight excluding hydrogens is 542 g/mol. The van der Waals surface area contributed by atoms with Crippen LogP contribution in [-0.4, -0.2) is 89.9 Å². The van der Waals surface area contributed by atoms with E-state index in [1.54, 1.807) is 38.4 Å². The standard InChI is InChI=1S/C26H34ClN7O4S/c1-26(2,3)38-25(35)32-8-10-33(11-9-32)31-23-19(18-13-17(36-5)14-20(37-6)21(18)27)12-16-15-29-24(39-7)30-22(16)34(23)28-4/h12-15,28H,8-11H2,1-7H3/b31-23-. The lowest BCUT2D eigenvalue weighted by atomic mass is 10.0. The van der Waals surface area contributed by atoms with E-state index in [-0.39, 0.29) is 6.09 Å². The van der Waals surface area contributed by atoms with Crippen molar-refractivity contribution >= 4 is 40.5 Å². The van der Waals surface area contributed by atoms with Gasteiger partial charge in [0.25, 0.3) is 0 Å². The van der Waals surface area contributed by atoms with Crippen LogP contribution in [0.3, 0.4) is 0 Å². The van der Waals surface area contributed by atoms with Crippen LogP contribution >= 0.6 is 23.4 Å². The highest BCUT2D eigenvalue weighted by atomic mass is 35.5. The maximum atomic E-state index is 12.6. The SMILES string of the molecule is CNn1/c(=N\N2CCN(C(=O)OC(C)(C)C)CC2)c(-c2cc(OC)cc(OC)c2Cl)cc2cnc(SC)nc21. The molecule has 3 heterocycles. The van der Waals surface area contributed by atoms with Gasteiger partial charge in [-0.3, -0.25) is 5.01 Å². The molecule has 0 radical (unpaired) electrons. The fourth-order valence-corrected chi connectivity index (χ4v) is 4.79. The number of methoxy groups -OCH3 is 2. The molecule has 39 heavy (non-hydrogen) atoms. The number of nitrogens with zero attached hydrogens (tertiary/aromatic N) is 6. The number of nitrogens with one attached hydrogen (secondary N) is 1. The number of aromatic nitrogens is 3. The van der Waals surface area contributed by atoms with Crippen LogP contribution in [0.1, 0.15) is 20.8 Å². The third-order valence-corrected chi connectivity index (χ3v) is 7.00. The monoisotopic (exact) mass is 575 g/mol. The van der Waals surface area contributed by atoms with Crippen molar-refractivity contribution in [1.29, 1.82) is 0 Å². The van der Waals surface area contributed by atoms with E-state index in [9.17, 15) is 4.79 Å². The molecule has 0 saturated carbocycles. The molecule has 210 valence electrons. The smallest absolute Gasteiger partial charge is 0.410 e. The predicted molar refractivity (Wildman–Crippen MR) is 153 cm³/mol. The maximum absolute atomic E-state index is 12.6. The number of thioether (sulfide) groups is 1. The molecule has 0 bridgehead atoms. The Hall–Kier alpha value is -3.38. The second-order valence-corrected chi connectivity index (χ2v) is 10.9. The summed E-state index contributed by atoms with van der Waals surface area (Å²) in [4.78, 5) is 23.5. The Morgan fingerprint density at radius 2 is 1.82 bits per heavy atom. The number of carbonyl (C=O) groups is 1. The van der Waals surface area contributed by atoms with E-state index in [2.05, 4.69) is 10.4 Å². The van der Waals surface area contributed by atoms with Gasteiger partial charge in [0.05, 0.1) is 32.3 Å². The van der Waals surface area contributed by atoms with Crippen LogP contribution in [0.5, 0.6) is 11.5 Å². The van der Waals surface area contributed by atoms with E-state index in [1.807, 2.05) is 48.8 Å². The lowest BCUT2D eigenvalue weighted by Crippen LogP contribution is -2.49. The van der Waals surface area contributed by atoms with Crippen molar-refractivity contribution < 1.29 is 19.0 Å². The molecule has 0 spiro atoms. The molecule has 13 heteroatoms. The van der Waals surface area contributed by atoms with Crippen LogP contribution in [0.15, 0.2) is 34.7 Å². The van der Waals surface area contributed by atoms with Gasteiger partial charge in [-0.1, -0.05) is 23.4 Å². The van der Waals surface area contributed by atoms with Gasteiger partial charge < -0.3 is 24.5 Å². The van der Waals surface area contributed by atoms with Gasteiger partial charge in [0.2, 0.25) is 0 Å². The molecule has 11 nitrogen and oxygen atoms in total. The summed E-state index contributed by atoms with van der Waals surface area (Å²) in [5.41, 5.74) is 5.33. The topological polar surface area (TPSA) is 106 Å². The minimum atomic E-state index is -0.550. The first-order valence-corrected chi connectivity index (χ1v) is 14.0. The summed E-state index contributed by atoms with van der Waals surface area (Å²) in [6.07, 6.45) is 3.38. The molecule has 1 amide bonds. The first-order chi connectivity index (χ1) is 18.6. The average Bonchev–Trinajstić information content (AvgIpc) is 2.92. The van der Waals surface area contributed by atoms with Crippen molar-refractivity contribution in [2.45, 2.75) is 31.5 Å². The third kappa shape index (κ3) is 6.27. The zero-order chi connectivity index (χ0) is 28.3. The van der Waals surface area contributed by atoms with Crippen LogP contribution in [0.2, 0.25) is 5.02 Å². The van der Waals surface area contributed by atoms with Crippen LogP contribution in [0.4, 0.5) is 4.79 Å². The maximum Gasteiger partial charge on any atom is 0.410 e. The molecular formula is C26H34ClN7O4S. The number of carbonyl (C=O) groups excluding carboxylic acids is 1. The number of hydrogen-bond donors (Lipinski definition) is 1. The summed E-state index contributed by atoms with van der Waals surface area (Å²) in [7, 11) is 4.96. The minimum absolute atomic E-state index is 0.324. The highest BCUT2D eigenvalue weighted by Gasteiger charge is 2.26. The molecule has 1 saturated heterocycles. The van der Waals surface area contributed by atoms with Crippen LogP contribution in [0.25, 0.3) is 22.2 Å². The van der Waals surface area contributed by atoms with E-state index in [1.165, 1.54) is 11.8 Å². The normalized spacial score (nSPS) is 14.5. The van der Waals surface area contributed by atoms with Gasteiger partial charge in [-0.2, -0.15) is 5.10 Å². The van der Waals surface area contributed by atoms with Gasteiger partial charge in [0, 0.05) is 48.9 Å². The number of ether oxygens (including phenoxy) is 3. The van der Waals surface area contributed by atoms with Crippen molar-refractivity contribution in [2.75, 3.05) is 59.1 Å². The van der Waals surface area contributed by atoms with Gasteiger partial charge in [-0.25, -0.2) is 19.4 Å². The highest BCUT2D eigenvalue weighted by Crippen LogP contribution is 2.38. The Balaban J connectivity index is 1.86. The molecule has 0 aliphatic carbocycles. The lowest BCUT2D eigenvalue weighted by molar-refractivity contribution is 0.0143. The summed E-state index contributed by atoms with van der Waals surface area (Å²) in [6, 6.07) is 5.55. The first kappa shape index (κ1) is 28.6. The van der Waals surface area contributed by atoms with Crippen molar-refractivity contribution in [3.8, 4) is 22.6 Å². The Labute approximate surface area is 237 Å². The number of piperazine rings is 1. The van der Waals surface area contributed by atoms with Gasteiger partial charge in [0.1, 0.15) is 17.1 Å². The molecule has 1 aliphatic heterocycles. The zero-order valence-electron chi connectivity index (χ0n) is 23.2. The van der Waals surface area contributed by atoms with E-state index < -0.39 is 5.60 Å². The molecule has 0 atom stereocenters. The molecule has 3 aromatic rings. The quantitative estimate of drug-likeness (QED) is 0.344. The van der Waals surface area contributed by atoms with Crippen LogP contribution < -0.4 is 20.4 Å². The average molecular weight is 576 g/mol. The van der Waals surface area contributed by atoms with Gasteiger partial charge in [0.15, 0.2) is 16.3 Å². The molecule has 1 fully saturated rings. The first-order valence-electron chi connectivity index (χ1n) is 12.4. The lowest BCUT2D eigenvalue weighted by Gasteiger charge is -2.34. The number of rotatable bonds is 6. The van der Waals surface area contributed by atoms with Gasteiger partial charge >= 0.3 is 6.09 Å². The zero-order valence-corrected chi connectivity index (χ0v) is 24.8. The minimum Gasteiger partial charge on any atom is -0.497 e. The summed E-state index contributed by atoms with van der Waals surface area (Å²) in [5.74, 6) is 1.07. The molecule has 0 unspecified atom stereocenters. The Morgan fingerprint density at radius 3 is 2.41 bits per heavy atom. The number of benzene rings is 1. The molecule has 1 N–H and O–H groups in total. The second kappa shape index (κ2) is 11.8. The van der Waals surface area contributed by atoms with Crippen LogP contribution in [-0.2, 0) is 4.74 Å². The summed E-state index contributed by atoms with van der Waals surface area (Å²) >= 11 is 8.29. The third-order valence-electron chi connectivity index (χ3n) is 6.05. The second-order valence-electron chi connectivity index (χ2n) is 9.79. The number of halogens is 1. The molecule has 1 aromatic carbocycles. The largest absolute Gasteiger partial charge is 0.497 e. The number of pyridine rings is 1. The van der Waals surface area contributed by atoms with Crippen LogP contribution in [0, 0.1) is 0 Å². The van der Waals surface area contributed by atoms with E-state index in [0.717, 1.165) is 10.9 Å². The van der Waals surface area contributed by atoms with Gasteiger partial charge in [-0.05, 0) is 39.2 Å².